The van der Waals surface area contributed by atoms with E-state index in [1.165, 1.54) is 17.4 Å². The van der Waals surface area contributed by atoms with Crippen LogP contribution in [0, 0.1) is 0 Å². The number of hydrogen-bond donors (Lipinski definition) is 2. The molecule has 1 unspecified atom stereocenters. The van der Waals surface area contributed by atoms with Crippen LogP contribution in [0.15, 0.2) is 12.1 Å². The van der Waals surface area contributed by atoms with Gasteiger partial charge in [-0.05, 0) is 12.1 Å². The molecular weight excluding hydrogens is 280 g/mol. The van der Waals surface area contributed by atoms with Gasteiger partial charge in [0.25, 0.3) is 12.3 Å². The number of hydrogen-bond acceptors (Lipinski definition) is 2. The molecule has 0 heterocycles. The summed E-state index contributed by atoms with van der Waals surface area (Å²) >= 11 is 11.3. The van der Waals surface area contributed by atoms with Gasteiger partial charge in [-0.2, -0.15) is 0 Å². The molecule has 1 amide bonds. The molecule has 1 aromatic carbocycles. The van der Waals surface area contributed by atoms with E-state index in [1.54, 1.807) is 0 Å². The molecule has 0 aliphatic heterocycles. The summed E-state index contributed by atoms with van der Waals surface area (Å²) in [5, 5.41) is 1.10. The molecule has 8 heteroatoms. The molecule has 0 saturated heterocycles. The van der Waals surface area contributed by atoms with Crippen molar-refractivity contribution >= 4 is 34.8 Å². The Morgan fingerprint density at radius 3 is 2.41 bits per heavy atom. The van der Waals surface area contributed by atoms with Crippen molar-refractivity contribution in [3.05, 3.63) is 27.7 Å². The molecule has 0 bridgehead atoms. The van der Waals surface area contributed by atoms with Crippen LogP contribution in [-0.2, 0) is 0 Å². The molecule has 0 aromatic heterocycles. The van der Waals surface area contributed by atoms with Crippen LogP contribution in [0.1, 0.15) is 10.4 Å². The topological polar surface area (TPSA) is 55.1 Å². The minimum Gasteiger partial charge on any atom is -0.398 e. The highest BCUT2D eigenvalue weighted by molar-refractivity contribution is 6.41. The molecule has 0 spiro atoms. The summed E-state index contributed by atoms with van der Waals surface area (Å²) < 4.78 is 36.4. The zero-order chi connectivity index (χ0) is 13.2. The summed E-state index contributed by atoms with van der Waals surface area (Å²) in [7, 11) is 0. The van der Waals surface area contributed by atoms with Gasteiger partial charge in [0.05, 0.1) is 21.3 Å². The Balaban J connectivity index is 3.01. The van der Waals surface area contributed by atoms with Crippen molar-refractivity contribution in [1.82, 2.24) is 5.32 Å². The highest BCUT2D eigenvalue weighted by atomic mass is 35.5. The first kappa shape index (κ1) is 13.9. The predicted octanol–water partition coefficient (Wildman–Crippen LogP) is 2.87. The average molecular weight is 287 g/mol. The van der Waals surface area contributed by atoms with Crippen LogP contribution in [0.5, 0.6) is 0 Å². The first-order chi connectivity index (χ1) is 7.84. The van der Waals surface area contributed by atoms with Gasteiger partial charge in [0.2, 0.25) is 6.30 Å². The second kappa shape index (κ2) is 5.46. The third-order valence-electron chi connectivity index (χ3n) is 1.84. The SMILES string of the molecule is Nc1ccc(Cl)c(C(=O)NC(F)C(F)F)c1Cl. The first-order valence-electron chi connectivity index (χ1n) is 4.31. The summed E-state index contributed by atoms with van der Waals surface area (Å²) in [5.74, 6) is -1.15. The summed E-state index contributed by atoms with van der Waals surface area (Å²) in [5.41, 5.74) is 5.10. The smallest absolute Gasteiger partial charge is 0.287 e. The predicted molar refractivity (Wildman–Crippen MR) is 59.2 cm³/mol. The zero-order valence-corrected chi connectivity index (χ0v) is 9.70. The van der Waals surface area contributed by atoms with Crippen LogP contribution in [0.2, 0.25) is 10.0 Å². The van der Waals surface area contributed by atoms with E-state index >= 15 is 0 Å². The third kappa shape index (κ3) is 3.17. The molecule has 0 aliphatic rings. The maximum Gasteiger partial charge on any atom is 0.287 e. The van der Waals surface area contributed by atoms with E-state index in [9.17, 15) is 18.0 Å². The largest absolute Gasteiger partial charge is 0.398 e. The molecule has 0 radical (unpaired) electrons. The Kier molecular flexibility index (Phi) is 4.47. The van der Waals surface area contributed by atoms with E-state index in [4.69, 9.17) is 28.9 Å². The zero-order valence-electron chi connectivity index (χ0n) is 8.18. The minimum absolute atomic E-state index is 0.0358. The maximum atomic E-state index is 12.6. The van der Waals surface area contributed by atoms with Crippen molar-refractivity contribution in [2.45, 2.75) is 12.7 Å². The highest BCUT2D eigenvalue weighted by Crippen LogP contribution is 2.29. The molecule has 0 fully saturated rings. The Bertz CT molecular complexity index is 442. The van der Waals surface area contributed by atoms with Gasteiger partial charge in [0.1, 0.15) is 0 Å². The molecule has 1 aromatic rings. The van der Waals surface area contributed by atoms with Gasteiger partial charge in [-0.25, -0.2) is 13.2 Å². The Morgan fingerprint density at radius 2 is 1.88 bits per heavy atom. The van der Waals surface area contributed by atoms with Gasteiger partial charge in [-0.3, -0.25) is 4.79 Å². The number of amides is 1. The van der Waals surface area contributed by atoms with Gasteiger partial charge in [-0.1, -0.05) is 23.2 Å². The highest BCUT2D eigenvalue weighted by Gasteiger charge is 2.25. The number of carbonyl (C=O) groups is 1. The monoisotopic (exact) mass is 286 g/mol. The fraction of sp³-hybridized carbons (Fsp3) is 0.222. The number of alkyl halides is 3. The molecule has 0 aliphatic carbocycles. The average Bonchev–Trinajstić information content (AvgIpc) is 2.24. The van der Waals surface area contributed by atoms with E-state index in [-0.39, 0.29) is 21.3 Å². The van der Waals surface area contributed by atoms with Gasteiger partial charge in [0.15, 0.2) is 0 Å². The van der Waals surface area contributed by atoms with Gasteiger partial charge >= 0.3 is 0 Å². The molecule has 1 rings (SSSR count). The van der Waals surface area contributed by atoms with Crippen LogP contribution in [0.25, 0.3) is 0 Å². The lowest BCUT2D eigenvalue weighted by atomic mass is 10.2. The number of benzene rings is 1. The van der Waals surface area contributed by atoms with Crippen molar-refractivity contribution in [3.8, 4) is 0 Å². The first-order valence-corrected chi connectivity index (χ1v) is 5.06. The number of halogens is 5. The number of nitrogens with one attached hydrogen (secondary N) is 1. The number of nitrogens with two attached hydrogens (primary N) is 1. The van der Waals surface area contributed by atoms with Crippen LogP contribution in [0.3, 0.4) is 0 Å². The van der Waals surface area contributed by atoms with E-state index in [0.29, 0.717) is 0 Å². The Labute approximate surface area is 105 Å². The fourth-order valence-electron chi connectivity index (χ4n) is 1.04. The molecule has 1 atom stereocenters. The summed E-state index contributed by atoms with van der Waals surface area (Å²) in [6.07, 6.45) is -6.13. The second-order valence-electron chi connectivity index (χ2n) is 3.04. The normalized spacial score (nSPS) is 12.6. The number of anilines is 1. The fourth-order valence-corrected chi connectivity index (χ4v) is 1.58. The lowest BCUT2D eigenvalue weighted by Crippen LogP contribution is -2.36. The van der Waals surface area contributed by atoms with E-state index in [0.717, 1.165) is 0 Å². The van der Waals surface area contributed by atoms with Crippen molar-refractivity contribution in [2.75, 3.05) is 5.73 Å². The van der Waals surface area contributed by atoms with Crippen LogP contribution >= 0.6 is 23.2 Å². The molecule has 3 nitrogen and oxygen atoms in total. The number of carbonyl (C=O) groups excluding carboxylic acids is 1. The second-order valence-corrected chi connectivity index (χ2v) is 3.82. The summed E-state index contributed by atoms with van der Waals surface area (Å²) in [6, 6.07) is 2.59. The van der Waals surface area contributed by atoms with Crippen molar-refractivity contribution < 1.29 is 18.0 Å². The summed E-state index contributed by atoms with van der Waals surface area (Å²) in [6.45, 7) is 0. The molecule has 94 valence electrons. The molecule has 17 heavy (non-hydrogen) atoms. The van der Waals surface area contributed by atoms with E-state index in [1.807, 2.05) is 0 Å². The quantitative estimate of drug-likeness (QED) is 0.663. The van der Waals surface area contributed by atoms with E-state index < -0.39 is 18.6 Å². The van der Waals surface area contributed by atoms with Crippen LogP contribution in [0.4, 0.5) is 18.9 Å². The lowest BCUT2D eigenvalue weighted by molar-refractivity contribution is 0.0287. The van der Waals surface area contributed by atoms with Crippen molar-refractivity contribution in [2.24, 2.45) is 0 Å². The third-order valence-corrected chi connectivity index (χ3v) is 2.56. The molecule has 0 saturated carbocycles. The standard InChI is InChI=1S/C9H7Cl2F3N2O/c10-3-1-2-4(15)6(11)5(3)9(17)16-8(14)7(12)13/h1-2,7-8H,15H2,(H,16,17). The van der Waals surface area contributed by atoms with Crippen LogP contribution < -0.4 is 11.1 Å². The van der Waals surface area contributed by atoms with Crippen LogP contribution in [-0.4, -0.2) is 18.6 Å². The van der Waals surface area contributed by atoms with Crippen molar-refractivity contribution in [3.63, 3.8) is 0 Å². The van der Waals surface area contributed by atoms with Crippen molar-refractivity contribution in [1.29, 1.82) is 0 Å². The minimum atomic E-state index is -3.34. The van der Waals surface area contributed by atoms with E-state index in [2.05, 4.69) is 0 Å². The number of rotatable bonds is 3. The Morgan fingerprint density at radius 1 is 1.29 bits per heavy atom. The Hall–Kier alpha value is -1.14. The maximum absolute atomic E-state index is 12.6. The molecule has 3 N–H and O–H groups in total. The van der Waals surface area contributed by atoms with Gasteiger partial charge in [-0.15, -0.1) is 0 Å². The van der Waals surface area contributed by atoms with Gasteiger partial charge < -0.3 is 11.1 Å². The summed E-state index contributed by atoms with van der Waals surface area (Å²) in [4.78, 5) is 11.4. The lowest BCUT2D eigenvalue weighted by Gasteiger charge is -2.12. The molecular formula is C9H7Cl2F3N2O. The number of nitrogen functional groups attached to an aromatic ring is 1. The van der Waals surface area contributed by atoms with Gasteiger partial charge in [0, 0.05) is 0 Å².